The molecule has 3 heterocycles. The second kappa shape index (κ2) is 4.95. The minimum Gasteiger partial charge on any atom is -0.382 e. The first-order valence-electron chi connectivity index (χ1n) is 7.50. The summed E-state index contributed by atoms with van der Waals surface area (Å²) in [5.74, 6) is 3.03. The van der Waals surface area contributed by atoms with Crippen molar-refractivity contribution >= 4 is 11.6 Å². The lowest BCUT2D eigenvalue weighted by Crippen LogP contribution is -2.25. The molecule has 1 unspecified atom stereocenters. The summed E-state index contributed by atoms with van der Waals surface area (Å²) in [5.41, 5.74) is 6.59. The van der Waals surface area contributed by atoms with Crippen molar-refractivity contribution in [2.24, 2.45) is 0 Å². The van der Waals surface area contributed by atoms with Crippen LogP contribution in [0.5, 0.6) is 0 Å². The largest absolute Gasteiger partial charge is 0.382 e. The van der Waals surface area contributed by atoms with Crippen molar-refractivity contribution in [2.45, 2.75) is 37.6 Å². The van der Waals surface area contributed by atoms with Crippen LogP contribution in [-0.2, 0) is 0 Å². The van der Waals surface area contributed by atoms with Crippen LogP contribution in [0.15, 0.2) is 24.4 Å². The van der Waals surface area contributed by atoms with Gasteiger partial charge < -0.3 is 10.6 Å². The van der Waals surface area contributed by atoms with Crippen molar-refractivity contribution in [3.05, 3.63) is 35.9 Å². The molecule has 21 heavy (non-hydrogen) atoms. The number of nitrogens with zero attached hydrogens (tertiary/aromatic N) is 5. The van der Waals surface area contributed by atoms with Crippen LogP contribution in [-0.4, -0.2) is 26.7 Å². The first-order chi connectivity index (χ1) is 10.3. The fourth-order valence-electron chi connectivity index (χ4n) is 2.94. The molecule has 1 saturated carbocycles. The third kappa shape index (κ3) is 2.41. The van der Waals surface area contributed by atoms with Crippen molar-refractivity contribution in [3.8, 4) is 0 Å². The Kier molecular flexibility index (Phi) is 2.94. The maximum Gasteiger partial charge on any atom is 0.146 e. The van der Waals surface area contributed by atoms with E-state index < -0.39 is 0 Å². The summed E-state index contributed by atoms with van der Waals surface area (Å²) < 4.78 is 0. The van der Waals surface area contributed by atoms with Gasteiger partial charge in [0, 0.05) is 18.7 Å². The first kappa shape index (κ1) is 12.5. The maximum absolute atomic E-state index is 5.62. The molecule has 2 aliphatic rings. The van der Waals surface area contributed by atoms with Crippen molar-refractivity contribution < 1.29 is 0 Å². The predicted molar refractivity (Wildman–Crippen MR) is 79.8 cm³/mol. The van der Waals surface area contributed by atoms with E-state index >= 15 is 0 Å². The van der Waals surface area contributed by atoms with Gasteiger partial charge >= 0.3 is 0 Å². The van der Waals surface area contributed by atoms with Crippen LogP contribution in [0.3, 0.4) is 0 Å². The highest BCUT2D eigenvalue weighted by Crippen LogP contribution is 2.39. The molecule has 1 atom stereocenters. The van der Waals surface area contributed by atoms with E-state index in [0.717, 1.165) is 36.7 Å². The average molecular weight is 282 g/mol. The van der Waals surface area contributed by atoms with Crippen molar-refractivity contribution in [1.29, 1.82) is 0 Å². The van der Waals surface area contributed by atoms with Gasteiger partial charge in [-0.2, -0.15) is 5.10 Å². The second-order valence-electron chi connectivity index (χ2n) is 5.78. The van der Waals surface area contributed by atoms with E-state index in [1.165, 1.54) is 12.8 Å². The van der Waals surface area contributed by atoms with E-state index in [4.69, 9.17) is 10.7 Å². The predicted octanol–water partition coefficient (Wildman–Crippen LogP) is 2.07. The number of anilines is 2. The zero-order valence-electron chi connectivity index (χ0n) is 11.8. The molecule has 2 N–H and O–H groups in total. The van der Waals surface area contributed by atoms with Gasteiger partial charge in [0.05, 0.1) is 11.7 Å². The Balaban J connectivity index is 1.63. The Hall–Kier alpha value is -2.24. The van der Waals surface area contributed by atoms with Crippen LogP contribution in [0.4, 0.5) is 11.6 Å². The summed E-state index contributed by atoms with van der Waals surface area (Å²) in [6, 6.07) is 6.01. The fraction of sp³-hybridized carbons (Fsp3) is 0.467. The fourth-order valence-corrected chi connectivity index (χ4v) is 2.94. The molecule has 2 aromatic rings. The lowest BCUT2D eigenvalue weighted by Gasteiger charge is -2.25. The van der Waals surface area contributed by atoms with Crippen LogP contribution in [0.2, 0.25) is 0 Å². The third-order valence-electron chi connectivity index (χ3n) is 4.20. The van der Waals surface area contributed by atoms with Crippen molar-refractivity contribution in [1.82, 2.24) is 20.2 Å². The smallest absolute Gasteiger partial charge is 0.146 e. The molecule has 2 aromatic heterocycles. The Morgan fingerprint density at radius 2 is 2.00 bits per heavy atom. The molecule has 2 fully saturated rings. The van der Waals surface area contributed by atoms with Gasteiger partial charge in [0.15, 0.2) is 0 Å². The van der Waals surface area contributed by atoms with Crippen LogP contribution < -0.4 is 10.6 Å². The van der Waals surface area contributed by atoms with Crippen molar-refractivity contribution in [3.63, 3.8) is 0 Å². The van der Waals surface area contributed by atoms with Gasteiger partial charge in [-0.05, 0) is 43.9 Å². The lowest BCUT2D eigenvalue weighted by atomic mass is 10.1. The van der Waals surface area contributed by atoms with Crippen LogP contribution in [0.25, 0.3) is 0 Å². The molecular weight excluding hydrogens is 264 g/mol. The molecule has 0 spiro atoms. The highest BCUT2D eigenvalue weighted by molar-refractivity contribution is 5.43. The maximum atomic E-state index is 5.62. The van der Waals surface area contributed by atoms with Gasteiger partial charge in [0.25, 0.3) is 0 Å². The number of nitrogen functional groups attached to an aromatic ring is 1. The molecule has 108 valence electrons. The van der Waals surface area contributed by atoms with E-state index in [-0.39, 0.29) is 6.04 Å². The minimum atomic E-state index is 0.236. The average Bonchev–Trinajstić information content (AvgIpc) is 3.26. The van der Waals surface area contributed by atoms with Crippen LogP contribution in [0.1, 0.15) is 49.2 Å². The van der Waals surface area contributed by atoms with Crippen molar-refractivity contribution in [2.75, 3.05) is 17.2 Å². The number of aromatic nitrogens is 4. The Bertz CT molecular complexity index is 637. The molecule has 0 radical (unpaired) electrons. The monoisotopic (exact) mass is 282 g/mol. The lowest BCUT2D eigenvalue weighted by molar-refractivity contribution is 0.670. The molecule has 0 bridgehead atoms. The normalized spacial score (nSPS) is 21.7. The van der Waals surface area contributed by atoms with Gasteiger partial charge in [-0.3, -0.25) is 0 Å². The Morgan fingerprint density at radius 1 is 1.10 bits per heavy atom. The molecule has 1 saturated heterocycles. The standard InChI is InChI=1S/C15H18N6/c16-13-6-5-11(19-20-13)12-2-1-9-21(12)14-7-8-17-15(18-14)10-3-4-10/h5-8,10,12H,1-4,9H2,(H2,16,20). The summed E-state index contributed by atoms with van der Waals surface area (Å²) in [6.07, 6.45) is 6.52. The molecule has 0 aromatic carbocycles. The van der Waals surface area contributed by atoms with Gasteiger partial charge in [-0.15, -0.1) is 5.10 Å². The zero-order chi connectivity index (χ0) is 14.2. The molecule has 4 rings (SSSR count). The van der Waals surface area contributed by atoms with E-state index in [0.29, 0.717) is 11.7 Å². The summed E-state index contributed by atoms with van der Waals surface area (Å²) in [7, 11) is 0. The highest BCUT2D eigenvalue weighted by Gasteiger charge is 2.31. The van der Waals surface area contributed by atoms with E-state index in [1.807, 2.05) is 24.4 Å². The molecule has 6 nitrogen and oxygen atoms in total. The first-order valence-corrected chi connectivity index (χ1v) is 7.50. The number of hydrogen-bond acceptors (Lipinski definition) is 6. The Morgan fingerprint density at radius 3 is 2.76 bits per heavy atom. The van der Waals surface area contributed by atoms with E-state index in [1.54, 1.807) is 0 Å². The number of hydrogen-bond donors (Lipinski definition) is 1. The molecule has 6 heteroatoms. The van der Waals surface area contributed by atoms with Crippen LogP contribution >= 0.6 is 0 Å². The number of rotatable bonds is 3. The minimum absolute atomic E-state index is 0.236. The van der Waals surface area contributed by atoms with Gasteiger partial charge in [-0.1, -0.05) is 0 Å². The topological polar surface area (TPSA) is 80.8 Å². The highest BCUT2D eigenvalue weighted by atomic mass is 15.3. The molecule has 1 aliphatic carbocycles. The number of nitrogens with two attached hydrogens (primary N) is 1. The summed E-state index contributed by atoms with van der Waals surface area (Å²) >= 11 is 0. The zero-order valence-corrected chi connectivity index (χ0v) is 11.8. The molecule has 0 amide bonds. The third-order valence-corrected chi connectivity index (χ3v) is 4.20. The van der Waals surface area contributed by atoms with Gasteiger partial charge in [0.1, 0.15) is 17.5 Å². The molecular formula is C15H18N6. The SMILES string of the molecule is Nc1ccc(C2CCCN2c2ccnc(C3CC3)n2)nn1. The summed E-state index contributed by atoms with van der Waals surface area (Å²) in [6.45, 7) is 0.998. The summed E-state index contributed by atoms with van der Waals surface area (Å²) in [5, 5.41) is 8.22. The van der Waals surface area contributed by atoms with E-state index in [9.17, 15) is 0 Å². The Labute approximate surface area is 123 Å². The van der Waals surface area contributed by atoms with Gasteiger partial charge in [0.2, 0.25) is 0 Å². The van der Waals surface area contributed by atoms with Crippen LogP contribution in [0, 0.1) is 0 Å². The molecule has 1 aliphatic heterocycles. The quantitative estimate of drug-likeness (QED) is 0.928. The van der Waals surface area contributed by atoms with E-state index in [2.05, 4.69) is 20.1 Å². The van der Waals surface area contributed by atoms with Gasteiger partial charge in [-0.25, -0.2) is 9.97 Å². The summed E-state index contributed by atoms with van der Waals surface area (Å²) in [4.78, 5) is 11.5. The second-order valence-corrected chi connectivity index (χ2v) is 5.78.